The van der Waals surface area contributed by atoms with E-state index in [0.717, 1.165) is 28.6 Å². The molecule has 2 N–H and O–H groups in total. The van der Waals surface area contributed by atoms with Crippen LogP contribution in [0.2, 0.25) is 0 Å². The van der Waals surface area contributed by atoms with Crippen LogP contribution in [0.15, 0.2) is 30.3 Å². The minimum Gasteiger partial charge on any atom is -0.484 e. The highest BCUT2D eigenvalue weighted by Crippen LogP contribution is 2.30. The minimum atomic E-state index is -0.392. The van der Waals surface area contributed by atoms with E-state index in [1.54, 1.807) is 25.2 Å². The molecule has 1 fully saturated rings. The maximum absolute atomic E-state index is 13.7. The fourth-order valence-electron chi connectivity index (χ4n) is 3.41. The number of thiazole rings is 1. The van der Waals surface area contributed by atoms with E-state index < -0.39 is 5.82 Å². The van der Waals surface area contributed by atoms with E-state index in [4.69, 9.17) is 4.74 Å². The average Bonchev–Trinajstić information content (AvgIpc) is 3.46. The molecule has 1 atom stereocenters. The van der Waals surface area contributed by atoms with E-state index in [9.17, 15) is 9.18 Å². The Balaban J connectivity index is 1.37. The molecule has 1 aromatic carbocycles. The number of carbonyl (C=O) groups excluding carboxylic acids is 1. The predicted octanol–water partition coefficient (Wildman–Crippen LogP) is 3.56. The van der Waals surface area contributed by atoms with Crippen LogP contribution in [0.3, 0.4) is 0 Å². The number of rotatable bonds is 6. The van der Waals surface area contributed by atoms with Crippen molar-refractivity contribution in [2.75, 3.05) is 25.5 Å². The Labute approximate surface area is 171 Å². The minimum absolute atomic E-state index is 0.0163. The number of ether oxygens (including phenoxy) is 1. The van der Waals surface area contributed by atoms with Crippen LogP contribution in [0.25, 0.3) is 0 Å². The summed E-state index contributed by atoms with van der Waals surface area (Å²) in [5.41, 5.74) is 2.41. The number of anilines is 1. The molecule has 7 nitrogen and oxygen atoms in total. The molecule has 3 aromatic rings. The highest BCUT2D eigenvalue weighted by Gasteiger charge is 2.31. The summed E-state index contributed by atoms with van der Waals surface area (Å²) in [6, 6.07) is 8.23. The van der Waals surface area contributed by atoms with Gasteiger partial charge in [0.2, 0.25) is 0 Å². The smallest absolute Gasteiger partial charge is 0.265 e. The zero-order chi connectivity index (χ0) is 20.4. The fourth-order valence-corrected chi connectivity index (χ4v) is 4.30. The molecule has 4 rings (SSSR count). The number of hydrogen-bond acceptors (Lipinski definition) is 6. The van der Waals surface area contributed by atoms with Gasteiger partial charge in [-0.15, -0.1) is 0 Å². The fraction of sp³-hybridized carbons (Fsp3) is 0.350. The lowest BCUT2D eigenvalue weighted by molar-refractivity contribution is 0.0794. The molecule has 0 radical (unpaired) electrons. The Morgan fingerprint density at radius 1 is 1.45 bits per heavy atom. The van der Waals surface area contributed by atoms with Crippen molar-refractivity contribution in [1.82, 2.24) is 20.1 Å². The number of nitrogens with one attached hydrogen (secondary N) is 2. The Morgan fingerprint density at radius 3 is 3.03 bits per heavy atom. The van der Waals surface area contributed by atoms with Crippen molar-refractivity contribution in [2.24, 2.45) is 0 Å². The quantitative estimate of drug-likeness (QED) is 0.643. The highest BCUT2D eigenvalue weighted by molar-refractivity contribution is 7.17. The van der Waals surface area contributed by atoms with Gasteiger partial charge < -0.3 is 15.0 Å². The van der Waals surface area contributed by atoms with Crippen molar-refractivity contribution in [3.8, 4) is 5.75 Å². The second-order valence-corrected chi connectivity index (χ2v) is 7.96. The standard InChI is InChI=1S/C20H22FN5O2S/c1-12-18(29-20(22-2)23-12)19(27)26-8-7-13(10-26)16-9-14(24-25-16)11-28-17-6-4-3-5-15(17)21/h3-6,9,13H,7-8,10-11H2,1-2H3,(H,22,23)(H,24,25)/t13-/m0/s1. The molecule has 3 heterocycles. The summed E-state index contributed by atoms with van der Waals surface area (Å²) in [6.45, 7) is 3.36. The number of para-hydroxylation sites is 1. The van der Waals surface area contributed by atoms with Gasteiger partial charge in [-0.25, -0.2) is 9.37 Å². The zero-order valence-electron chi connectivity index (χ0n) is 16.2. The summed E-state index contributed by atoms with van der Waals surface area (Å²) in [6.07, 6.45) is 0.848. The first-order valence-electron chi connectivity index (χ1n) is 9.41. The number of benzene rings is 1. The first-order chi connectivity index (χ1) is 14.0. The molecule has 0 bridgehead atoms. The van der Waals surface area contributed by atoms with E-state index in [1.807, 2.05) is 17.9 Å². The number of aromatic nitrogens is 3. The second kappa shape index (κ2) is 8.20. The SMILES string of the molecule is CNc1nc(C)c(C(=O)N2CC[C@H](c3cc(COc4ccccc4F)[nH]n3)C2)s1. The topological polar surface area (TPSA) is 83.1 Å². The summed E-state index contributed by atoms with van der Waals surface area (Å²) in [7, 11) is 1.80. The first kappa shape index (κ1) is 19.4. The molecule has 29 heavy (non-hydrogen) atoms. The molecule has 1 aliphatic heterocycles. The van der Waals surface area contributed by atoms with Gasteiger partial charge in [-0.1, -0.05) is 23.5 Å². The lowest BCUT2D eigenvalue weighted by Crippen LogP contribution is -2.28. The van der Waals surface area contributed by atoms with Crippen molar-refractivity contribution in [3.63, 3.8) is 0 Å². The van der Waals surface area contributed by atoms with Crippen LogP contribution in [0.1, 0.15) is 39.1 Å². The van der Waals surface area contributed by atoms with Crippen LogP contribution in [0, 0.1) is 12.7 Å². The van der Waals surface area contributed by atoms with Crippen LogP contribution in [0.5, 0.6) is 5.75 Å². The van der Waals surface area contributed by atoms with E-state index in [0.29, 0.717) is 18.0 Å². The largest absolute Gasteiger partial charge is 0.484 e. The molecule has 0 aliphatic carbocycles. The molecule has 152 valence electrons. The number of aryl methyl sites for hydroxylation is 1. The number of nitrogens with zero attached hydrogens (tertiary/aromatic N) is 3. The average molecular weight is 415 g/mol. The molecule has 1 saturated heterocycles. The molecule has 0 unspecified atom stereocenters. The number of amides is 1. The lowest BCUT2D eigenvalue weighted by atomic mass is 10.1. The Kier molecular flexibility index (Phi) is 5.48. The number of halogens is 1. The maximum atomic E-state index is 13.7. The number of H-pyrrole nitrogens is 1. The second-order valence-electron chi connectivity index (χ2n) is 6.96. The van der Waals surface area contributed by atoms with Crippen LogP contribution < -0.4 is 10.1 Å². The van der Waals surface area contributed by atoms with E-state index in [-0.39, 0.29) is 24.2 Å². The number of hydrogen-bond donors (Lipinski definition) is 2. The van der Waals surface area contributed by atoms with Crippen LogP contribution in [-0.4, -0.2) is 46.1 Å². The number of likely N-dealkylation sites (tertiary alicyclic amines) is 1. The molecule has 0 saturated carbocycles. The third-order valence-corrected chi connectivity index (χ3v) is 6.13. The number of carbonyl (C=O) groups is 1. The van der Waals surface area contributed by atoms with Gasteiger partial charge in [-0.05, 0) is 31.5 Å². The molecular weight excluding hydrogens is 393 g/mol. The third-order valence-electron chi connectivity index (χ3n) is 4.97. The highest BCUT2D eigenvalue weighted by atomic mass is 32.1. The number of aromatic amines is 1. The zero-order valence-corrected chi connectivity index (χ0v) is 17.1. The first-order valence-corrected chi connectivity index (χ1v) is 10.2. The summed E-state index contributed by atoms with van der Waals surface area (Å²) >= 11 is 1.38. The molecule has 1 aliphatic rings. The molecule has 0 spiro atoms. The molecule has 9 heteroatoms. The normalized spacial score (nSPS) is 16.2. The van der Waals surface area contributed by atoms with Gasteiger partial charge in [0.1, 0.15) is 11.5 Å². The van der Waals surface area contributed by atoms with Gasteiger partial charge in [0, 0.05) is 26.1 Å². The van der Waals surface area contributed by atoms with Crippen LogP contribution in [-0.2, 0) is 6.61 Å². The Bertz CT molecular complexity index is 1020. The van der Waals surface area contributed by atoms with Gasteiger partial charge in [0.15, 0.2) is 16.7 Å². The monoisotopic (exact) mass is 415 g/mol. The van der Waals surface area contributed by atoms with Gasteiger partial charge in [-0.3, -0.25) is 9.89 Å². The molecule has 1 amide bonds. The van der Waals surface area contributed by atoms with E-state index in [1.165, 1.54) is 17.4 Å². The Hall–Kier alpha value is -2.94. The summed E-state index contributed by atoms with van der Waals surface area (Å²) in [5, 5.41) is 11.1. The molecule has 2 aromatic heterocycles. The maximum Gasteiger partial charge on any atom is 0.265 e. The van der Waals surface area contributed by atoms with Gasteiger partial charge in [0.25, 0.3) is 5.91 Å². The lowest BCUT2D eigenvalue weighted by Gasteiger charge is -2.15. The van der Waals surface area contributed by atoms with Crippen LogP contribution >= 0.6 is 11.3 Å². The van der Waals surface area contributed by atoms with Crippen LogP contribution in [0.4, 0.5) is 9.52 Å². The van der Waals surface area contributed by atoms with Gasteiger partial charge in [-0.2, -0.15) is 5.10 Å². The summed E-state index contributed by atoms with van der Waals surface area (Å²) < 4.78 is 19.2. The summed E-state index contributed by atoms with van der Waals surface area (Å²) in [4.78, 5) is 19.7. The van der Waals surface area contributed by atoms with Crippen molar-refractivity contribution < 1.29 is 13.9 Å². The van der Waals surface area contributed by atoms with Crippen molar-refractivity contribution in [3.05, 3.63) is 58.1 Å². The van der Waals surface area contributed by atoms with E-state index >= 15 is 0 Å². The third kappa shape index (κ3) is 4.09. The van der Waals surface area contributed by atoms with Gasteiger partial charge in [0.05, 0.1) is 17.1 Å². The summed E-state index contributed by atoms with van der Waals surface area (Å²) in [5.74, 6) is -0.00353. The Morgan fingerprint density at radius 2 is 2.28 bits per heavy atom. The van der Waals surface area contributed by atoms with Crippen molar-refractivity contribution >= 4 is 22.4 Å². The predicted molar refractivity (Wildman–Crippen MR) is 109 cm³/mol. The van der Waals surface area contributed by atoms with E-state index in [2.05, 4.69) is 20.5 Å². The van der Waals surface area contributed by atoms with Crippen molar-refractivity contribution in [1.29, 1.82) is 0 Å². The van der Waals surface area contributed by atoms with Crippen molar-refractivity contribution in [2.45, 2.75) is 25.9 Å². The molecular formula is C20H22FN5O2S. The van der Waals surface area contributed by atoms with Gasteiger partial charge >= 0.3 is 0 Å².